The van der Waals surface area contributed by atoms with Gasteiger partial charge in [-0.05, 0) is 50.6 Å². The molecule has 0 aliphatic carbocycles. The van der Waals surface area contributed by atoms with E-state index in [1.54, 1.807) is 12.1 Å². The van der Waals surface area contributed by atoms with Gasteiger partial charge in [-0.2, -0.15) is 5.10 Å². The van der Waals surface area contributed by atoms with Crippen molar-refractivity contribution in [3.8, 4) is 0 Å². The molecule has 0 bridgehead atoms. The zero-order chi connectivity index (χ0) is 13.7. The van der Waals surface area contributed by atoms with Crippen LogP contribution in [0.1, 0.15) is 23.9 Å². The van der Waals surface area contributed by atoms with Gasteiger partial charge >= 0.3 is 0 Å². The molecule has 0 amide bonds. The molecule has 1 aromatic heterocycles. The molecule has 0 aliphatic rings. The first-order chi connectivity index (χ1) is 9.19. The largest absolute Gasteiger partial charge is 0.311 e. The predicted octanol–water partition coefficient (Wildman–Crippen LogP) is 2.68. The minimum Gasteiger partial charge on any atom is -0.311 e. The molecular weight excluding hydrogens is 241 g/mol. The predicted molar refractivity (Wildman–Crippen MR) is 74.4 cm³/mol. The van der Waals surface area contributed by atoms with Gasteiger partial charge in [0.15, 0.2) is 0 Å². The van der Waals surface area contributed by atoms with Crippen LogP contribution < -0.4 is 5.32 Å². The first-order valence-electron chi connectivity index (χ1n) is 6.67. The number of hydrogen-bond acceptors (Lipinski definition) is 2. The zero-order valence-corrected chi connectivity index (χ0v) is 11.5. The highest BCUT2D eigenvalue weighted by Crippen LogP contribution is 2.05. The SMILES string of the molecule is CCn1nc(C)cc1CNCCc1cccc(F)c1. The van der Waals surface area contributed by atoms with Crippen molar-refractivity contribution in [2.75, 3.05) is 6.54 Å². The van der Waals surface area contributed by atoms with Crippen LogP contribution in [0.15, 0.2) is 30.3 Å². The molecule has 1 heterocycles. The van der Waals surface area contributed by atoms with Crippen LogP contribution in [0.3, 0.4) is 0 Å². The van der Waals surface area contributed by atoms with Crippen LogP contribution in [0, 0.1) is 12.7 Å². The number of nitrogens with one attached hydrogen (secondary N) is 1. The van der Waals surface area contributed by atoms with Crippen molar-refractivity contribution in [2.24, 2.45) is 0 Å². The monoisotopic (exact) mass is 261 g/mol. The molecule has 3 nitrogen and oxygen atoms in total. The van der Waals surface area contributed by atoms with Crippen LogP contribution in [0.25, 0.3) is 0 Å². The summed E-state index contributed by atoms with van der Waals surface area (Å²) in [6.45, 7) is 6.60. The summed E-state index contributed by atoms with van der Waals surface area (Å²) in [4.78, 5) is 0. The molecule has 0 saturated heterocycles. The quantitative estimate of drug-likeness (QED) is 0.810. The van der Waals surface area contributed by atoms with Crippen LogP contribution in [0.2, 0.25) is 0 Å². The van der Waals surface area contributed by atoms with Crippen molar-refractivity contribution in [2.45, 2.75) is 33.4 Å². The molecule has 0 spiro atoms. The molecule has 0 fully saturated rings. The van der Waals surface area contributed by atoms with Crippen molar-refractivity contribution < 1.29 is 4.39 Å². The number of hydrogen-bond donors (Lipinski definition) is 1. The molecule has 0 atom stereocenters. The van der Waals surface area contributed by atoms with E-state index in [1.807, 2.05) is 17.7 Å². The van der Waals surface area contributed by atoms with E-state index in [0.29, 0.717) is 0 Å². The Balaban J connectivity index is 1.80. The van der Waals surface area contributed by atoms with Crippen LogP contribution in [-0.2, 0) is 19.5 Å². The zero-order valence-electron chi connectivity index (χ0n) is 11.5. The Hall–Kier alpha value is -1.68. The molecule has 0 saturated carbocycles. The first kappa shape index (κ1) is 13.7. The highest BCUT2D eigenvalue weighted by molar-refractivity contribution is 5.16. The molecule has 0 unspecified atom stereocenters. The summed E-state index contributed by atoms with van der Waals surface area (Å²) in [5, 5.41) is 7.78. The van der Waals surface area contributed by atoms with Gasteiger partial charge < -0.3 is 5.32 Å². The number of aromatic nitrogens is 2. The third kappa shape index (κ3) is 3.89. The van der Waals surface area contributed by atoms with Crippen molar-refractivity contribution in [1.29, 1.82) is 0 Å². The van der Waals surface area contributed by atoms with E-state index in [4.69, 9.17) is 0 Å². The second-order valence-corrected chi connectivity index (χ2v) is 4.65. The molecular formula is C15H20FN3. The first-order valence-corrected chi connectivity index (χ1v) is 6.67. The van der Waals surface area contributed by atoms with Gasteiger partial charge in [0.25, 0.3) is 0 Å². The van der Waals surface area contributed by atoms with Crippen LogP contribution in [-0.4, -0.2) is 16.3 Å². The summed E-state index contributed by atoms with van der Waals surface area (Å²) >= 11 is 0. The molecule has 0 aliphatic heterocycles. The lowest BCUT2D eigenvalue weighted by atomic mass is 10.1. The lowest BCUT2D eigenvalue weighted by Gasteiger charge is -2.07. The lowest BCUT2D eigenvalue weighted by molar-refractivity contribution is 0.579. The van der Waals surface area contributed by atoms with Crippen molar-refractivity contribution in [3.05, 3.63) is 53.1 Å². The summed E-state index contributed by atoms with van der Waals surface area (Å²) in [6, 6.07) is 8.85. The Morgan fingerprint density at radius 3 is 2.89 bits per heavy atom. The topological polar surface area (TPSA) is 29.9 Å². The normalized spacial score (nSPS) is 10.9. The summed E-state index contributed by atoms with van der Waals surface area (Å²) in [5.41, 5.74) is 3.26. The average Bonchev–Trinajstić information content (AvgIpc) is 2.75. The van der Waals surface area contributed by atoms with Crippen molar-refractivity contribution >= 4 is 0 Å². The van der Waals surface area contributed by atoms with Gasteiger partial charge in [0.1, 0.15) is 5.82 Å². The minimum absolute atomic E-state index is 0.169. The van der Waals surface area contributed by atoms with Crippen LogP contribution in [0.4, 0.5) is 4.39 Å². The highest BCUT2D eigenvalue weighted by atomic mass is 19.1. The standard InChI is InChI=1S/C15H20FN3/c1-3-19-15(9-12(2)18-19)11-17-8-7-13-5-4-6-14(16)10-13/h4-6,9-10,17H,3,7-8,11H2,1-2H3. The molecule has 19 heavy (non-hydrogen) atoms. The second-order valence-electron chi connectivity index (χ2n) is 4.65. The summed E-state index contributed by atoms with van der Waals surface area (Å²) in [7, 11) is 0. The van der Waals surface area contributed by atoms with Gasteiger partial charge in [-0.1, -0.05) is 12.1 Å². The van der Waals surface area contributed by atoms with E-state index in [1.165, 1.54) is 11.8 Å². The summed E-state index contributed by atoms with van der Waals surface area (Å²) < 4.78 is 15.0. The average molecular weight is 261 g/mol. The molecule has 2 aromatic rings. The Bertz CT molecular complexity index is 534. The fourth-order valence-electron chi connectivity index (χ4n) is 2.16. The van der Waals surface area contributed by atoms with E-state index in [0.717, 1.165) is 37.3 Å². The van der Waals surface area contributed by atoms with Crippen molar-refractivity contribution in [3.63, 3.8) is 0 Å². The van der Waals surface area contributed by atoms with Crippen LogP contribution >= 0.6 is 0 Å². The minimum atomic E-state index is -0.169. The number of halogens is 1. The molecule has 0 radical (unpaired) electrons. The Kier molecular flexibility index (Phi) is 4.68. The van der Waals surface area contributed by atoms with E-state index >= 15 is 0 Å². The van der Waals surface area contributed by atoms with E-state index in [2.05, 4.69) is 23.4 Å². The van der Waals surface area contributed by atoms with Gasteiger partial charge in [-0.25, -0.2) is 4.39 Å². The number of nitrogens with zero attached hydrogens (tertiary/aromatic N) is 2. The number of benzene rings is 1. The van der Waals surface area contributed by atoms with E-state index < -0.39 is 0 Å². The van der Waals surface area contributed by atoms with Gasteiger partial charge in [-0.15, -0.1) is 0 Å². The Morgan fingerprint density at radius 2 is 2.16 bits per heavy atom. The van der Waals surface area contributed by atoms with Crippen LogP contribution in [0.5, 0.6) is 0 Å². The summed E-state index contributed by atoms with van der Waals surface area (Å²) in [6.07, 6.45) is 0.830. The van der Waals surface area contributed by atoms with Gasteiger partial charge in [0.2, 0.25) is 0 Å². The van der Waals surface area contributed by atoms with Gasteiger partial charge in [0, 0.05) is 13.1 Å². The number of aryl methyl sites for hydroxylation is 2. The molecule has 102 valence electrons. The molecule has 1 N–H and O–H groups in total. The fraction of sp³-hybridized carbons (Fsp3) is 0.400. The van der Waals surface area contributed by atoms with E-state index in [9.17, 15) is 4.39 Å². The number of rotatable bonds is 6. The highest BCUT2D eigenvalue weighted by Gasteiger charge is 2.03. The molecule has 4 heteroatoms. The van der Waals surface area contributed by atoms with Gasteiger partial charge in [-0.3, -0.25) is 4.68 Å². The van der Waals surface area contributed by atoms with Gasteiger partial charge in [0.05, 0.1) is 11.4 Å². The third-order valence-electron chi connectivity index (χ3n) is 3.07. The van der Waals surface area contributed by atoms with Crippen molar-refractivity contribution in [1.82, 2.24) is 15.1 Å². The lowest BCUT2D eigenvalue weighted by Crippen LogP contribution is -2.19. The Labute approximate surface area is 113 Å². The maximum atomic E-state index is 13.0. The summed E-state index contributed by atoms with van der Waals surface area (Å²) in [5.74, 6) is -0.169. The maximum Gasteiger partial charge on any atom is 0.123 e. The molecule has 1 aromatic carbocycles. The fourth-order valence-corrected chi connectivity index (χ4v) is 2.16. The smallest absolute Gasteiger partial charge is 0.123 e. The maximum absolute atomic E-state index is 13.0. The van der Waals surface area contributed by atoms with E-state index in [-0.39, 0.29) is 5.82 Å². The Morgan fingerprint density at radius 1 is 1.32 bits per heavy atom. The second kappa shape index (κ2) is 6.48. The third-order valence-corrected chi connectivity index (χ3v) is 3.07. The molecule has 2 rings (SSSR count).